The van der Waals surface area contributed by atoms with Crippen LogP contribution in [0.1, 0.15) is 20.8 Å². The monoisotopic (exact) mass is 348 g/mol. The number of nitrogens with zero attached hydrogens (tertiary/aromatic N) is 2. The number of rotatable bonds is 7. The first kappa shape index (κ1) is 20.0. The maximum atomic E-state index is 12.2. The number of carbonyl (C=O) groups excluding carboxylic acids is 2. The lowest BCUT2D eigenvalue weighted by atomic mass is 10.1. The minimum absolute atomic E-state index is 0.106. The van der Waals surface area contributed by atoms with Crippen LogP contribution in [0, 0.1) is 11.3 Å². The average Bonchev–Trinajstić information content (AvgIpc) is 2.43. The highest BCUT2D eigenvalue weighted by atomic mass is 32.2. The van der Waals surface area contributed by atoms with Gasteiger partial charge in [0.2, 0.25) is 11.8 Å². The molecule has 0 bridgehead atoms. The van der Waals surface area contributed by atoms with E-state index in [1.165, 1.54) is 11.8 Å². The molecular formula is C17H24N4O2S. The van der Waals surface area contributed by atoms with Gasteiger partial charge < -0.3 is 10.6 Å². The number of carbonyl (C=O) groups is 2. The van der Waals surface area contributed by atoms with Crippen molar-refractivity contribution in [1.82, 2.24) is 10.2 Å². The van der Waals surface area contributed by atoms with Gasteiger partial charge in [0.15, 0.2) is 0 Å². The first-order valence-electron chi connectivity index (χ1n) is 7.59. The van der Waals surface area contributed by atoms with Crippen LogP contribution in [0.4, 0.5) is 5.69 Å². The van der Waals surface area contributed by atoms with Crippen molar-refractivity contribution in [3.05, 3.63) is 24.3 Å². The second kappa shape index (κ2) is 9.30. The minimum Gasteiger partial charge on any atom is -0.350 e. The molecule has 0 unspecified atom stereocenters. The van der Waals surface area contributed by atoms with Gasteiger partial charge in [-0.15, -0.1) is 11.8 Å². The summed E-state index contributed by atoms with van der Waals surface area (Å²) in [4.78, 5) is 26.5. The summed E-state index contributed by atoms with van der Waals surface area (Å²) in [5, 5.41) is 14.4. The van der Waals surface area contributed by atoms with E-state index in [0.29, 0.717) is 11.4 Å². The predicted octanol–water partition coefficient (Wildman–Crippen LogP) is 2.09. The largest absolute Gasteiger partial charge is 0.350 e. The smallest absolute Gasteiger partial charge is 0.238 e. The molecule has 1 aromatic carbocycles. The van der Waals surface area contributed by atoms with Gasteiger partial charge in [0.25, 0.3) is 0 Å². The Balaban J connectivity index is 2.54. The van der Waals surface area contributed by atoms with Gasteiger partial charge in [0, 0.05) is 10.4 Å². The molecule has 0 fully saturated rings. The minimum atomic E-state index is -0.295. The molecule has 0 radical (unpaired) electrons. The van der Waals surface area contributed by atoms with Crippen molar-refractivity contribution in [2.45, 2.75) is 31.2 Å². The maximum absolute atomic E-state index is 12.2. The third kappa shape index (κ3) is 7.99. The van der Waals surface area contributed by atoms with E-state index in [1.54, 1.807) is 18.0 Å². The number of para-hydroxylation sites is 1. The van der Waals surface area contributed by atoms with E-state index in [9.17, 15) is 9.59 Å². The Kier molecular flexibility index (Phi) is 7.75. The van der Waals surface area contributed by atoms with Crippen LogP contribution in [0.25, 0.3) is 0 Å². The third-order valence-corrected chi connectivity index (χ3v) is 3.74. The van der Waals surface area contributed by atoms with E-state index in [1.807, 2.05) is 39.0 Å². The second-order valence-electron chi connectivity index (χ2n) is 6.46. The number of anilines is 1. The Labute approximate surface area is 147 Å². The molecule has 0 heterocycles. The zero-order chi connectivity index (χ0) is 18.2. The van der Waals surface area contributed by atoms with E-state index in [4.69, 9.17) is 5.26 Å². The van der Waals surface area contributed by atoms with Crippen LogP contribution in [0.5, 0.6) is 0 Å². The summed E-state index contributed by atoms with van der Waals surface area (Å²) in [6.07, 6.45) is 0. The summed E-state index contributed by atoms with van der Waals surface area (Å²) < 4.78 is 0. The van der Waals surface area contributed by atoms with Gasteiger partial charge in [-0.05, 0) is 40.0 Å². The normalized spacial score (nSPS) is 11.0. The lowest BCUT2D eigenvalue weighted by Crippen LogP contribution is -2.46. The molecule has 2 N–H and O–H groups in total. The number of thioether (sulfide) groups is 1. The van der Waals surface area contributed by atoms with E-state index < -0.39 is 0 Å². The number of likely N-dealkylation sites (N-methyl/N-ethyl adjacent to an activating group) is 1. The van der Waals surface area contributed by atoms with Crippen LogP contribution in [-0.4, -0.2) is 48.1 Å². The first-order valence-corrected chi connectivity index (χ1v) is 8.58. The zero-order valence-corrected chi connectivity index (χ0v) is 15.4. The number of hydrogen-bond acceptors (Lipinski definition) is 5. The second-order valence-corrected chi connectivity index (χ2v) is 7.48. The molecule has 2 amide bonds. The van der Waals surface area contributed by atoms with Crippen LogP contribution in [0.2, 0.25) is 0 Å². The topological polar surface area (TPSA) is 85.2 Å². The van der Waals surface area contributed by atoms with Gasteiger partial charge >= 0.3 is 0 Å². The van der Waals surface area contributed by atoms with Gasteiger partial charge in [-0.3, -0.25) is 14.5 Å². The SMILES string of the molecule is CN(CC(=O)Nc1ccccc1SCC#N)CC(=O)NC(C)(C)C. The lowest BCUT2D eigenvalue weighted by molar-refractivity contribution is -0.124. The lowest BCUT2D eigenvalue weighted by Gasteiger charge is -2.23. The van der Waals surface area contributed by atoms with E-state index >= 15 is 0 Å². The zero-order valence-electron chi connectivity index (χ0n) is 14.5. The van der Waals surface area contributed by atoms with Crippen LogP contribution in [-0.2, 0) is 9.59 Å². The van der Waals surface area contributed by atoms with Crippen molar-refractivity contribution in [1.29, 1.82) is 5.26 Å². The molecule has 1 aromatic rings. The Morgan fingerprint density at radius 3 is 2.46 bits per heavy atom. The van der Waals surface area contributed by atoms with Gasteiger partial charge in [-0.1, -0.05) is 12.1 Å². The fourth-order valence-electron chi connectivity index (χ4n) is 2.00. The number of amides is 2. The van der Waals surface area contributed by atoms with Crippen molar-refractivity contribution in [2.75, 3.05) is 31.2 Å². The standard InChI is InChI=1S/C17H24N4O2S/c1-17(2,3)20-16(23)12-21(4)11-15(22)19-13-7-5-6-8-14(13)24-10-9-18/h5-8H,10-12H2,1-4H3,(H,19,22)(H,20,23). The number of hydrogen-bond donors (Lipinski definition) is 2. The molecule has 0 aliphatic carbocycles. The molecule has 0 atom stereocenters. The van der Waals surface area contributed by atoms with Gasteiger partial charge in [0.05, 0.1) is 30.6 Å². The Bertz CT molecular complexity index is 620. The van der Waals surface area contributed by atoms with Crippen molar-refractivity contribution < 1.29 is 9.59 Å². The van der Waals surface area contributed by atoms with E-state index in [2.05, 4.69) is 16.7 Å². The van der Waals surface area contributed by atoms with E-state index in [0.717, 1.165) is 4.90 Å². The highest BCUT2D eigenvalue weighted by molar-refractivity contribution is 7.99. The Hall–Kier alpha value is -2.04. The Morgan fingerprint density at radius 1 is 1.21 bits per heavy atom. The summed E-state index contributed by atoms with van der Waals surface area (Å²) >= 11 is 1.37. The summed E-state index contributed by atoms with van der Waals surface area (Å²) in [6, 6.07) is 9.41. The van der Waals surface area contributed by atoms with Crippen molar-refractivity contribution in [3.8, 4) is 6.07 Å². The summed E-state index contributed by atoms with van der Waals surface area (Å²) in [6.45, 7) is 5.98. The predicted molar refractivity (Wildman–Crippen MR) is 96.8 cm³/mol. The van der Waals surface area contributed by atoms with Gasteiger partial charge in [-0.25, -0.2) is 0 Å². The van der Waals surface area contributed by atoms with Crippen LogP contribution >= 0.6 is 11.8 Å². The molecule has 7 heteroatoms. The summed E-state index contributed by atoms with van der Waals surface area (Å²) in [7, 11) is 1.72. The van der Waals surface area contributed by atoms with Crippen LogP contribution < -0.4 is 10.6 Å². The average molecular weight is 348 g/mol. The molecule has 24 heavy (non-hydrogen) atoms. The Morgan fingerprint density at radius 2 is 1.83 bits per heavy atom. The number of benzene rings is 1. The molecular weight excluding hydrogens is 324 g/mol. The molecule has 6 nitrogen and oxygen atoms in total. The first-order chi connectivity index (χ1) is 11.2. The molecule has 0 spiro atoms. The maximum Gasteiger partial charge on any atom is 0.238 e. The third-order valence-electron chi connectivity index (χ3n) is 2.79. The number of nitriles is 1. The van der Waals surface area contributed by atoms with Crippen molar-refractivity contribution in [3.63, 3.8) is 0 Å². The summed E-state index contributed by atoms with van der Waals surface area (Å²) in [5.41, 5.74) is 0.382. The fourth-order valence-corrected chi connectivity index (χ4v) is 2.67. The molecule has 0 saturated heterocycles. The van der Waals surface area contributed by atoms with Gasteiger partial charge in [0.1, 0.15) is 0 Å². The van der Waals surface area contributed by atoms with Crippen molar-refractivity contribution >= 4 is 29.3 Å². The molecule has 1 rings (SSSR count). The quantitative estimate of drug-likeness (QED) is 0.737. The molecule has 0 aromatic heterocycles. The van der Waals surface area contributed by atoms with Gasteiger partial charge in [-0.2, -0.15) is 5.26 Å². The summed E-state index contributed by atoms with van der Waals surface area (Å²) in [5.74, 6) is -0.00594. The highest BCUT2D eigenvalue weighted by Gasteiger charge is 2.16. The molecule has 0 saturated carbocycles. The molecule has 0 aliphatic rings. The molecule has 0 aliphatic heterocycles. The van der Waals surface area contributed by atoms with Crippen molar-refractivity contribution in [2.24, 2.45) is 0 Å². The van der Waals surface area contributed by atoms with E-state index in [-0.39, 0.29) is 30.4 Å². The van der Waals surface area contributed by atoms with Crippen LogP contribution in [0.15, 0.2) is 29.2 Å². The van der Waals surface area contributed by atoms with Crippen LogP contribution in [0.3, 0.4) is 0 Å². The molecule has 130 valence electrons. The highest BCUT2D eigenvalue weighted by Crippen LogP contribution is 2.26. The number of nitrogens with one attached hydrogen (secondary N) is 2. The fraction of sp³-hybridized carbons (Fsp3) is 0.471.